The van der Waals surface area contributed by atoms with Crippen molar-refractivity contribution in [3.63, 3.8) is 0 Å². The molecule has 1 nitrogen and oxygen atoms in total. The third-order valence-electron chi connectivity index (χ3n) is 3.10. The van der Waals surface area contributed by atoms with E-state index >= 15 is 0 Å². The summed E-state index contributed by atoms with van der Waals surface area (Å²) in [5, 5.41) is 0. The molecule has 2 N–H and O–H groups in total. The third kappa shape index (κ3) is 2.59. The summed E-state index contributed by atoms with van der Waals surface area (Å²) >= 11 is 0. The Bertz CT molecular complexity index is 160. The molecule has 13 heavy (non-hydrogen) atoms. The lowest BCUT2D eigenvalue weighted by molar-refractivity contribution is -0.0678. The first kappa shape index (κ1) is 10.8. The molecule has 1 aliphatic carbocycles. The molecule has 0 amide bonds. The number of nitrogens with two attached hydrogens (primary N) is 1. The van der Waals surface area contributed by atoms with Gasteiger partial charge in [0.25, 0.3) is 0 Å². The molecule has 0 spiro atoms. The molecule has 0 aliphatic heterocycles. The van der Waals surface area contributed by atoms with Crippen LogP contribution in [0.3, 0.4) is 0 Å². The zero-order valence-corrected chi connectivity index (χ0v) is 7.66. The number of rotatable bonds is 3. The second kappa shape index (κ2) is 3.86. The molecular weight excluding hydrogens is 179 g/mol. The average Bonchev–Trinajstić information content (AvgIpc) is 2.10. The van der Waals surface area contributed by atoms with Crippen LogP contribution in [0.25, 0.3) is 0 Å². The van der Waals surface area contributed by atoms with Gasteiger partial charge >= 0.3 is 0 Å². The molecule has 0 atom stereocenters. The van der Waals surface area contributed by atoms with Crippen LogP contribution in [0.1, 0.15) is 32.1 Å². The van der Waals surface area contributed by atoms with E-state index in [0.717, 1.165) is 0 Å². The normalized spacial score (nSPS) is 25.8. The smallest absolute Gasteiger partial charge is 0.248 e. The van der Waals surface area contributed by atoms with Crippen molar-refractivity contribution in [1.82, 2.24) is 0 Å². The summed E-state index contributed by atoms with van der Waals surface area (Å²) in [6.07, 6.45) is 0.787. The molecule has 1 rings (SSSR count). The molecule has 78 valence electrons. The molecule has 0 saturated heterocycles. The van der Waals surface area contributed by atoms with Gasteiger partial charge in [0.15, 0.2) is 0 Å². The topological polar surface area (TPSA) is 26.0 Å². The van der Waals surface area contributed by atoms with Gasteiger partial charge in [0.05, 0.1) is 6.67 Å². The quantitative estimate of drug-likeness (QED) is 0.735. The summed E-state index contributed by atoms with van der Waals surface area (Å²) in [6.45, 7) is -0.129. The molecule has 0 unspecified atom stereocenters. The van der Waals surface area contributed by atoms with Crippen LogP contribution in [0.2, 0.25) is 0 Å². The highest BCUT2D eigenvalue weighted by atomic mass is 19.3. The lowest BCUT2D eigenvalue weighted by Gasteiger charge is -2.38. The minimum Gasteiger partial charge on any atom is -0.330 e. The average molecular weight is 195 g/mol. The standard InChI is InChI=1S/C9H16F3N/c10-6-5-8(7-13)1-3-9(11,12)4-2-8/h1-7,13H2. The van der Waals surface area contributed by atoms with Gasteiger partial charge in [0.1, 0.15) is 0 Å². The molecule has 1 aliphatic rings. The molecule has 0 radical (unpaired) electrons. The van der Waals surface area contributed by atoms with Gasteiger partial charge in [-0.25, -0.2) is 8.78 Å². The maximum atomic E-state index is 12.8. The first-order valence-electron chi connectivity index (χ1n) is 4.67. The fourth-order valence-corrected chi connectivity index (χ4v) is 1.90. The van der Waals surface area contributed by atoms with Crippen LogP contribution in [0, 0.1) is 5.41 Å². The Morgan fingerprint density at radius 2 is 1.62 bits per heavy atom. The molecule has 0 aromatic carbocycles. The molecule has 1 fully saturated rings. The number of hydrogen-bond donors (Lipinski definition) is 1. The fourth-order valence-electron chi connectivity index (χ4n) is 1.90. The fraction of sp³-hybridized carbons (Fsp3) is 1.00. The monoisotopic (exact) mass is 195 g/mol. The second-order valence-corrected chi connectivity index (χ2v) is 4.00. The highest BCUT2D eigenvalue weighted by molar-refractivity contribution is 4.89. The van der Waals surface area contributed by atoms with E-state index in [1.807, 2.05) is 0 Å². The highest BCUT2D eigenvalue weighted by Crippen LogP contribution is 2.44. The minimum atomic E-state index is -2.55. The van der Waals surface area contributed by atoms with Crippen LogP contribution < -0.4 is 5.73 Å². The van der Waals surface area contributed by atoms with Crippen molar-refractivity contribution < 1.29 is 13.2 Å². The van der Waals surface area contributed by atoms with Gasteiger partial charge in [-0.15, -0.1) is 0 Å². The Hall–Kier alpha value is -0.250. The Kier molecular flexibility index (Phi) is 3.22. The zero-order chi connectivity index (χ0) is 9.95. The van der Waals surface area contributed by atoms with Crippen LogP contribution in [-0.2, 0) is 0 Å². The van der Waals surface area contributed by atoms with E-state index in [2.05, 4.69) is 0 Å². The lowest BCUT2D eigenvalue weighted by Crippen LogP contribution is -2.39. The summed E-state index contributed by atoms with van der Waals surface area (Å²) in [5.41, 5.74) is 5.15. The number of hydrogen-bond acceptors (Lipinski definition) is 1. The highest BCUT2D eigenvalue weighted by Gasteiger charge is 2.42. The summed E-state index contributed by atoms with van der Waals surface area (Å²) in [4.78, 5) is 0. The van der Waals surface area contributed by atoms with Gasteiger partial charge in [-0.3, -0.25) is 4.39 Å². The van der Waals surface area contributed by atoms with Gasteiger partial charge in [0, 0.05) is 12.8 Å². The van der Waals surface area contributed by atoms with Crippen LogP contribution in [0.5, 0.6) is 0 Å². The van der Waals surface area contributed by atoms with Gasteiger partial charge in [0.2, 0.25) is 5.92 Å². The maximum Gasteiger partial charge on any atom is 0.248 e. The molecule has 4 heteroatoms. The first-order valence-corrected chi connectivity index (χ1v) is 4.67. The minimum absolute atomic E-state index is 0.135. The van der Waals surface area contributed by atoms with Gasteiger partial charge < -0.3 is 5.73 Å². The van der Waals surface area contributed by atoms with Crippen LogP contribution >= 0.6 is 0 Å². The van der Waals surface area contributed by atoms with Gasteiger partial charge in [-0.1, -0.05) is 0 Å². The van der Waals surface area contributed by atoms with Crippen molar-refractivity contribution in [3.8, 4) is 0 Å². The van der Waals surface area contributed by atoms with Crippen LogP contribution in [0.15, 0.2) is 0 Å². The maximum absolute atomic E-state index is 12.8. The van der Waals surface area contributed by atoms with Gasteiger partial charge in [-0.05, 0) is 31.2 Å². The van der Waals surface area contributed by atoms with E-state index in [0.29, 0.717) is 25.8 Å². The molecule has 0 bridgehead atoms. The van der Waals surface area contributed by atoms with E-state index < -0.39 is 12.6 Å². The lowest BCUT2D eigenvalue weighted by atomic mass is 9.71. The van der Waals surface area contributed by atoms with E-state index in [1.54, 1.807) is 0 Å². The first-order chi connectivity index (χ1) is 6.04. The van der Waals surface area contributed by atoms with Crippen molar-refractivity contribution in [2.45, 2.75) is 38.0 Å². The molecular formula is C9H16F3N. The van der Waals surface area contributed by atoms with E-state index in [4.69, 9.17) is 5.73 Å². The van der Waals surface area contributed by atoms with E-state index in [9.17, 15) is 13.2 Å². The SMILES string of the molecule is NCC1(CCF)CCC(F)(F)CC1. The summed E-state index contributed by atoms with van der Waals surface area (Å²) in [5.74, 6) is -2.55. The van der Waals surface area contributed by atoms with Crippen molar-refractivity contribution in [3.05, 3.63) is 0 Å². The predicted molar refractivity (Wildman–Crippen MR) is 45.5 cm³/mol. The summed E-state index contributed by atoms with van der Waals surface area (Å²) < 4.78 is 37.7. The Labute approximate surface area is 76.5 Å². The second-order valence-electron chi connectivity index (χ2n) is 4.00. The summed E-state index contributed by atoms with van der Waals surface area (Å²) in [7, 11) is 0. The van der Waals surface area contributed by atoms with E-state index in [-0.39, 0.29) is 18.3 Å². The molecule has 0 aromatic heterocycles. The Morgan fingerprint density at radius 1 is 1.08 bits per heavy atom. The molecule has 1 saturated carbocycles. The van der Waals surface area contributed by atoms with Crippen molar-refractivity contribution in [1.29, 1.82) is 0 Å². The van der Waals surface area contributed by atoms with Crippen molar-refractivity contribution >= 4 is 0 Å². The van der Waals surface area contributed by atoms with E-state index in [1.165, 1.54) is 0 Å². The molecule has 0 heterocycles. The Morgan fingerprint density at radius 3 is 2.00 bits per heavy atom. The van der Waals surface area contributed by atoms with Crippen LogP contribution in [-0.4, -0.2) is 19.1 Å². The van der Waals surface area contributed by atoms with Crippen molar-refractivity contribution in [2.24, 2.45) is 11.1 Å². The van der Waals surface area contributed by atoms with Gasteiger partial charge in [-0.2, -0.15) is 0 Å². The number of halogens is 3. The molecule has 0 aromatic rings. The summed E-state index contributed by atoms with van der Waals surface area (Å²) in [6, 6.07) is 0. The number of alkyl halides is 3. The largest absolute Gasteiger partial charge is 0.330 e. The van der Waals surface area contributed by atoms with Crippen molar-refractivity contribution in [2.75, 3.05) is 13.2 Å². The third-order valence-corrected chi connectivity index (χ3v) is 3.10. The zero-order valence-electron chi connectivity index (χ0n) is 7.66. The predicted octanol–water partition coefficient (Wildman–Crippen LogP) is 2.50. The van der Waals surface area contributed by atoms with Crippen LogP contribution in [0.4, 0.5) is 13.2 Å². The Balaban J connectivity index is 2.52.